The number of carbonyl (C=O) groups excluding carboxylic acids is 3. The van der Waals surface area contributed by atoms with Crippen LogP contribution in [-0.2, 0) is 9.53 Å². The van der Waals surface area contributed by atoms with Gasteiger partial charge in [0.05, 0.1) is 18.7 Å². The molecule has 0 heterocycles. The third-order valence-corrected chi connectivity index (χ3v) is 3.43. The van der Waals surface area contributed by atoms with Crippen LogP contribution < -0.4 is 16.0 Å². The maximum absolute atomic E-state index is 13.1. The van der Waals surface area contributed by atoms with E-state index >= 15 is 0 Å². The van der Waals surface area contributed by atoms with Gasteiger partial charge in [-0.25, -0.2) is 18.4 Å². The van der Waals surface area contributed by atoms with Crippen LogP contribution in [0.3, 0.4) is 0 Å². The Bertz CT molecular complexity index is 857. The van der Waals surface area contributed by atoms with E-state index < -0.39 is 29.5 Å². The highest BCUT2D eigenvalue weighted by Gasteiger charge is 2.10. The Kier molecular flexibility index (Phi) is 7.44. The van der Waals surface area contributed by atoms with E-state index in [0.717, 1.165) is 18.6 Å². The first-order valence-electron chi connectivity index (χ1n) is 8.46. The highest BCUT2D eigenvalue weighted by atomic mass is 19.2. The number of amides is 3. The van der Waals surface area contributed by atoms with Crippen LogP contribution in [0.5, 0.6) is 0 Å². The third kappa shape index (κ3) is 6.35. The average Bonchev–Trinajstić information content (AvgIpc) is 2.68. The second kappa shape index (κ2) is 10.0. The van der Waals surface area contributed by atoms with E-state index in [-0.39, 0.29) is 12.2 Å². The lowest BCUT2D eigenvalue weighted by molar-refractivity contribution is -0.115. The summed E-state index contributed by atoms with van der Waals surface area (Å²) in [6, 6.07) is 8.30. The minimum atomic E-state index is -1.09. The number of nitrogens with one attached hydrogen (secondary N) is 3. The van der Waals surface area contributed by atoms with E-state index in [2.05, 4.69) is 16.0 Å². The summed E-state index contributed by atoms with van der Waals surface area (Å²) in [7, 11) is 0. The summed E-state index contributed by atoms with van der Waals surface area (Å²) < 4.78 is 30.9. The predicted octanol–water partition coefficient (Wildman–Crippen LogP) is 3.29. The minimum Gasteiger partial charge on any atom is -0.462 e. The second-order valence-corrected chi connectivity index (χ2v) is 5.70. The topological polar surface area (TPSA) is 96.5 Å². The number of anilines is 2. The fraction of sp³-hybridized carbons (Fsp3) is 0.211. The van der Waals surface area contributed by atoms with Gasteiger partial charge in [-0.3, -0.25) is 4.79 Å². The number of halogens is 2. The highest BCUT2D eigenvalue weighted by Crippen LogP contribution is 2.13. The van der Waals surface area contributed by atoms with E-state index in [9.17, 15) is 23.2 Å². The maximum atomic E-state index is 13.1. The van der Waals surface area contributed by atoms with Gasteiger partial charge in [-0.15, -0.1) is 0 Å². The van der Waals surface area contributed by atoms with E-state index in [1.54, 1.807) is 0 Å². The van der Waals surface area contributed by atoms with E-state index in [1.165, 1.54) is 30.3 Å². The van der Waals surface area contributed by atoms with Crippen molar-refractivity contribution < 1.29 is 27.9 Å². The molecule has 0 radical (unpaired) electrons. The van der Waals surface area contributed by atoms with Gasteiger partial charge in [0, 0.05) is 17.4 Å². The van der Waals surface area contributed by atoms with Crippen LogP contribution in [0.4, 0.5) is 25.0 Å². The maximum Gasteiger partial charge on any atom is 0.338 e. The van der Waals surface area contributed by atoms with Gasteiger partial charge in [0.25, 0.3) is 0 Å². The number of hydrogen-bond acceptors (Lipinski definition) is 4. The molecule has 148 valence electrons. The molecule has 3 N–H and O–H groups in total. The van der Waals surface area contributed by atoms with E-state index in [4.69, 9.17) is 4.74 Å². The van der Waals surface area contributed by atoms with Gasteiger partial charge in [0.1, 0.15) is 0 Å². The minimum absolute atomic E-state index is 0.0663. The number of urea groups is 1. The van der Waals surface area contributed by atoms with Crippen molar-refractivity contribution >= 4 is 29.3 Å². The van der Waals surface area contributed by atoms with Crippen molar-refractivity contribution in [2.45, 2.75) is 13.3 Å². The molecule has 28 heavy (non-hydrogen) atoms. The molecular formula is C19H19F2N3O4. The smallest absolute Gasteiger partial charge is 0.338 e. The first kappa shape index (κ1) is 20.8. The molecule has 2 aromatic rings. The summed E-state index contributed by atoms with van der Waals surface area (Å²) in [6.07, 6.45) is 0.717. The Morgan fingerprint density at radius 1 is 0.929 bits per heavy atom. The molecule has 0 aliphatic heterocycles. The largest absolute Gasteiger partial charge is 0.462 e. The summed E-state index contributed by atoms with van der Waals surface area (Å²) in [5, 5.41) is 7.14. The molecule has 3 amide bonds. The number of rotatable bonds is 7. The van der Waals surface area contributed by atoms with Crippen molar-refractivity contribution in [3.8, 4) is 0 Å². The van der Waals surface area contributed by atoms with E-state index in [1.807, 2.05) is 6.92 Å². The summed E-state index contributed by atoms with van der Waals surface area (Å²) in [6.45, 7) is 1.83. The van der Waals surface area contributed by atoms with Gasteiger partial charge in [0.2, 0.25) is 5.91 Å². The molecule has 0 saturated carbocycles. The first-order valence-corrected chi connectivity index (χ1v) is 8.46. The molecule has 0 aromatic heterocycles. The predicted molar refractivity (Wildman–Crippen MR) is 99.0 cm³/mol. The van der Waals surface area contributed by atoms with E-state index in [0.29, 0.717) is 17.9 Å². The molecular weight excluding hydrogens is 372 g/mol. The molecule has 0 fully saturated rings. The van der Waals surface area contributed by atoms with Gasteiger partial charge >= 0.3 is 12.0 Å². The van der Waals surface area contributed by atoms with Crippen LogP contribution in [0.25, 0.3) is 0 Å². The zero-order chi connectivity index (χ0) is 20.5. The summed E-state index contributed by atoms with van der Waals surface area (Å²) in [5.74, 6) is -3.19. The van der Waals surface area contributed by atoms with Crippen molar-refractivity contribution in [2.24, 2.45) is 0 Å². The zero-order valence-corrected chi connectivity index (χ0v) is 15.1. The van der Waals surface area contributed by atoms with Crippen LogP contribution in [0.2, 0.25) is 0 Å². The molecule has 0 bridgehead atoms. The first-order chi connectivity index (χ1) is 13.4. The lowest BCUT2D eigenvalue weighted by Gasteiger charge is -2.09. The molecule has 0 unspecified atom stereocenters. The molecule has 0 aliphatic rings. The van der Waals surface area contributed by atoms with Crippen molar-refractivity contribution in [2.75, 3.05) is 23.8 Å². The Labute approximate surface area is 160 Å². The van der Waals surface area contributed by atoms with Gasteiger partial charge in [-0.2, -0.15) is 0 Å². The van der Waals surface area contributed by atoms with Gasteiger partial charge in [-0.1, -0.05) is 6.92 Å². The quantitative estimate of drug-likeness (QED) is 0.631. The molecule has 0 atom stereocenters. The van der Waals surface area contributed by atoms with Gasteiger partial charge < -0.3 is 20.7 Å². The standard InChI is InChI=1S/C19H19F2N3O4/c1-2-9-28-18(26)12-3-5-13(6-4-12)24-19(27)22-11-17(25)23-14-7-8-15(20)16(21)10-14/h3-8,10H,2,9,11H2,1H3,(H,23,25)(H2,22,24,27). The number of ether oxygens (including phenoxy) is 1. The fourth-order valence-electron chi connectivity index (χ4n) is 2.08. The number of hydrogen-bond donors (Lipinski definition) is 3. The normalized spacial score (nSPS) is 10.1. The van der Waals surface area contributed by atoms with Gasteiger partial charge in [-0.05, 0) is 42.8 Å². The molecule has 9 heteroatoms. The lowest BCUT2D eigenvalue weighted by Crippen LogP contribution is -2.35. The number of benzene rings is 2. The van der Waals surface area contributed by atoms with Crippen LogP contribution in [0, 0.1) is 11.6 Å². The van der Waals surface area contributed by atoms with Gasteiger partial charge in [0.15, 0.2) is 11.6 Å². The summed E-state index contributed by atoms with van der Waals surface area (Å²) in [5.41, 5.74) is 0.826. The van der Waals surface area contributed by atoms with Crippen molar-refractivity contribution in [3.63, 3.8) is 0 Å². The molecule has 0 spiro atoms. The third-order valence-electron chi connectivity index (χ3n) is 3.43. The monoisotopic (exact) mass is 391 g/mol. The second-order valence-electron chi connectivity index (χ2n) is 5.70. The SMILES string of the molecule is CCCOC(=O)c1ccc(NC(=O)NCC(=O)Nc2ccc(F)c(F)c2)cc1. The lowest BCUT2D eigenvalue weighted by atomic mass is 10.2. The van der Waals surface area contributed by atoms with Crippen LogP contribution >= 0.6 is 0 Å². The molecule has 2 rings (SSSR count). The zero-order valence-electron chi connectivity index (χ0n) is 15.1. The highest BCUT2D eigenvalue weighted by molar-refractivity contribution is 5.97. The average molecular weight is 391 g/mol. The summed E-state index contributed by atoms with van der Waals surface area (Å²) in [4.78, 5) is 35.3. The van der Waals surface area contributed by atoms with Crippen LogP contribution in [0.15, 0.2) is 42.5 Å². The Balaban J connectivity index is 1.79. The molecule has 0 aliphatic carbocycles. The number of carbonyl (C=O) groups is 3. The van der Waals surface area contributed by atoms with Crippen LogP contribution in [0.1, 0.15) is 23.7 Å². The van der Waals surface area contributed by atoms with Crippen molar-refractivity contribution in [3.05, 3.63) is 59.7 Å². The van der Waals surface area contributed by atoms with Crippen molar-refractivity contribution in [1.29, 1.82) is 0 Å². The Hall–Kier alpha value is -3.49. The molecule has 2 aromatic carbocycles. The molecule has 0 saturated heterocycles. The Morgan fingerprint density at radius 2 is 1.61 bits per heavy atom. The number of esters is 1. The fourth-order valence-corrected chi connectivity index (χ4v) is 2.08. The Morgan fingerprint density at radius 3 is 2.25 bits per heavy atom. The van der Waals surface area contributed by atoms with Crippen molar-refractivity contribution in [1.82, 2.24) is 5.32 Å². The summed E-state index contributed by atoms with van der Waals surface area (Å²) >= 11 is 0. The van der Waals surface area contributed by atoms with Crippen LogP contribution in [-0.4, -0.2) is 31.1 Å². The molecule has 7 nitrogen and oxygen atoms in total.